The molecule has 1 unspecified atom stereocenters. The van der Waals surface area contributed by atoms with Crippen LogP contribution in [0.2, 0.25) is 0 Å². The number of carbonyl (C=O) groups excluding carboxylic acids is 2. The number of aromatic nitrogens is 5. The maximum atomic E-state index is 12.7. The van der Waals surface area contributed by atoms with Gasteiger partial charge in [0.2, 0.25) is 5.91 Å². The van der Waals surface area contributed by atoms with Crippen molar-refractivity contribution in [3.63, 3.8) is 0 Å². The first kappa shape index (κ1) is 21.7. The van der Waals surface area contributed by atoms with E-state index in [1.54, 1.807) is 40.9 Å². The molecule has 0 bridgehead atoms. The van der Waals surface area contributed by atoms with E-state index in [0.717, 1.165) is 17.7 Å². The van der Waals surface area contributed by atoms with Crippen molar-refractivity contribution in [3.8, 4) is 10.6 Å². The molecule has 1 atom stereocenters. The van der Waals surface area contributed by atoms with Crippen molar-refractivity contribution in [1.29, 1.82) is 0 Å². The Morgan fingerprint density at radius 2 is 2.09 bits per heavy atom. The number of fused-ring (bicyclic) bond motifs is 1. The van der Waals surface area contributed by atoms with Crippen LogP contribution in [0.4, 0.5) is 11.5 Å². The molecular formula is C23H22N8O2S. The van der Waals surface area contributed by atoms with Crippen molar-refractivity contribution < 1.29 is 9.59 Å². The number of nitrogens with one attached hydrogen (secondary N) is 1. The fourth-order valence-electron chi connectivity index (χ4n) is 4.12. The summed E-state index contributed by atoms with van der Waals surface area (Å²) in [5, 5.41) is 10.1. The summed E-state index contributed by atoms with van der Waals surface area (Å²) < 4.78 is 1.83. The van der Waals surface area contributed by atoms with Gasteiger partial charge in [-0.3, -0.25) is 14.6 Å². The lowest BCUT2D eigenvalue weighted by molar-refractivity contribution is -0.127. The summed E-state index contributed by atoms with van der Waals surface area (Å²) in [6, 6.07) is 5.18. The number of hydrogen-bond donors (Lipinski definition) is 2. The molecule has 4 aromatic heterocycles. The van der Waals surface area contributed by atoms with Crippen molar-refractivity contribution >= 4 is 45.7 Å². The number of pyridine rings is 1. The van der Waals surface area contributed by atoms with E-state index in [4.69, 9.17) is 10.8 Å². The van der Waals surface area contributed by atoms with Gasteiger partial charge in [-0.15, -0.1) is 11.3 Å². The van der Waals surface area contributed by atoms with E-state index in [-0.39, 0.29) is 17.9 Å². The van der Waals surface area contributed by atoms with Gasteiger partial charge in [-0.25, -0.2) is 14.6 Å². The van der Waals surface area contributed by atoms with Gasteiger partial charge in [0, 0.05) is 36.6 Å². The Hall–Kier alpha value is -4.12. The zero-order chi connectivity index (χ0) is 23.7. The van der Waals surface area contributed by atoms with Crippen molar-refractivity contribution in [3.05, 3.63) is 60.5 Å². The number of thiophene rings is 1. The van der Waals surface area contributed by atoms with Crippen molar-refractivity contribution in [2.75, 3.05) is 24.1 Å². The molecular weight excluding hydrogens is 452 g/mol. The van der Waals surface area contributed by atoms with Gasteiger partial charge in [-0.2, -0.15) is 5.10 Å². The van der Waals surface area contributed by atoms with Crippen LogP contribution in [0.15, 0.2) is 55.0 Å². The normalized spacial score (nSPS) is 15.9. The topological polar surface area (TPSA) is 132 Å². The SMILES string of the molecule is C=CC(=O)N1CCCC(n2nc(-c3cc(C(=O)Nc4ccncc4)cs3)c3c(N)ncnc32)C1. The molecule has 0 aliphatic carbocycles. The van der Waals surface area contributed by atoms with Gasteiger partial charge in [0.1, 0.15) is 17.8 Å². The minimum Gasteiger partial charge on any atom is -0.383 e. The third-order valence-corrected chi connectivity index (χ3v) is 6.72. The molecule has 11 heteroatoms. The molecule has 1 aliphatic heterocycles. The van der Waals surface area contributed by atoms with Crippen LogP contribution in [0.1, 0.15) is 29.2 Å². The highest BCUT2D eigenvalue weighted by molar-refractivity contribution is 7.14. The Bertz CT molecular complexity index is 1380. The van der Waals surface area contributed by atoms with Crippen LogP contribution in [0.5, 0.6) is 0 Å². The number of nitrogen functional groups attached to an aromatic ring is 1. The highest BCUT2D eigenvalue weighted by Crippen LogP contribution is 2.36. The summed E-state index contributed by atoms with van der Waals surface area (Å²) in [5.41, 5.74) is 8.64. The molecule has 5 heterocycles. The van der Waals surface area contributed by atoms with Gasteiger partial charge in [0.05, 0.1) is 21.9 Å². The van der Waals surface area contributed by atoms with E-state index in [2.05, 4.69) is 26.8 Å². The van der Waals surface area contributed by atoms with Crippen LogP contribution < -0.4 is 11.1 Å². The largest absolute Gasteiger partial charge is 0.383 e. The predicted molar refractivity (Wildman–Crippen MR) is 130 cm³/mol. The standard InChI is InChI=1S/C23H22N8O2S/c1-2-18(32)30-9-3-4-16(11-30)31-22-19(21(24)26-13-27-22)20(29-31)17-10-14(12-34-17)23(33)28-15-5-7-25-8-6-15/h2,5-8,10,12-13,16H,1,3-4,9,11H2,(H2,24,26,27)(H,25,28,33). The number of piperidine rings is 1. The molecule has 1 saturated heterocycles. The third-order valence-electron chi connectivity index (χ3n) is 5.78. The maximum Gasteiger partial charge on any atom is 0.256 e. The Labute approximate surface area is 199 Å². The molecule has 172 valence electrons. The zero-order valence-electron chi connectivity index (χ0n) is 18.2. The quantitative estimate of drug-likeness (QED) is 0.425. The number of nitrogens with two attached hydrogens (primary N) is 1. The van der Waals surface area contributed by atoms with Crippen LogP contribution in [-0.2, 0) is 4.79 Å². The number of hydrogen-bond acceptors (Lipinski definition) is 8. The Morgan fingerprint density at radius 3 is 2.88 bits per heavy atom. The molecule has 10 nitrogen and oxygen atoms in total. The number of nitrogens with zero attached hydrogens (tertiary/aromatic N) is 6. The Balaban J connectivity index is 1.50. The lowest BCUT2D eigenvalue weighted by atomic mass is 10.1. The first-order valence-corrected chi connectivity index (χ1v) is 11.6. The second kappa shape index (κ2) is 9.02. The average molecular weight is 475 g/mol. The summed E-state index contributed by atoms with van der Waals surface area (Å²) in [5.74, 6) is -0.0107. The number of anilines is 2. The van der Waals surface area contributed by atoms with Crippen LogP contribution in [0, 0.1) is 0 Å². The van der Waals surface area contributed by atoms with E-state index in [9.17, 15) is 9.59 Å². The first-order valence-electron chi connectivity index (χ1n) is 10.8. The second-order valence-electron chi connectivity index (χ2n) is 7.92. The Morgan fingerprint density at radius 1 is 1.26 bits per heavy atom. The van der Waals surface area contributed by atoms with E-state index >= 15 is 0 Å². The van der Waals surface area contributed by atoms with Gasteiger partial charge >= 0.3 is 0 Å². The maximum absolute atomic E-state index is 12.7. The number of likely N-dealkylation sites (tertiary alicyclic amines) is 1. The van der Waals surface area contributed by atoms with Crippen LogP contribution >= 0.6 is 11.3 Å². The van der Waals surface area contributed by atoms with Gasteiger partial charge in [-0.1, -0.05) is 6.58 Å². The zero-order valence-corrected chi connectivity index (χ0v) is 19.0. The second-order valence-corrected chi connectivity index (χ2v) is 8.84. The van der Waals surface area contributed by atoms with Crippen molar-refractivity contribution in [2.24, 2.45) is 0 Å². The molecule has 34 heavy (non-hydrogen) atoms. The lowest BCUT2D eigenvalue weighted by Gasteiger charge is -2.32. The highest BCUT2D eigenvalue weighted by Gasteiger charge is 2.28. The molecule has 3 N–H and O–H groups in total. The number of amides is 2. The van der Waals surface area contributed by atoms with Gasteiger partial charge in [0.25, 0.3) is 5.91 Å². The van der Waals surface area contributed by atoms with Gasteiger partial charge < -0.3 is 16.0 Å². The highest BCUT2D eigenvalue weighted by atomic mass is 32.1. The number of carbonyl (C=O) groups is 2. The van der Waals surface area contributed by atoms with Crippen molar-refractivity contribution in [2.45, 2.75) is 18.9 Å². The predicted octanol–water partition coefficient (Wildman–Crippen LogP) is 3.13. The molecule has 2 amide bonds. The fourth-order valence-corrected chi connectivity index (χ4v) is 5.00. The molecule has 0 spiro atoms. The lowest BCUT2D eigenvalue weighted by Crippen LogP contribution is -2.40. The summed E-state index contributed by atoms with van der Waals surface area (Å²) in [6.07, 6.45) is 7.68. The van der Waals surface area contributed by atoms with Crippen LogP contribution in [0.3, 0.4) is 0 Å². The summed E-state index contributed by atoms with van der Waals surface area (Å²) >= 11 is 1.40. The van der Waals surface area contributed by atoms with Crippen LogP contribution in [-0.4, -0.2) is 54.5 Å². The van der Waals surface area contributed by atoms with Gasteiger partial charge in [0.15, 0.2) is 5.65 Å². The Kier molecular flexibility index (Phi) is 5.76. The molecule has 1 fully saturated rings. The smallest absolute Gasteiger partial charge is 0.256 e. The molecule has 5 rings (SSSR count). The summed E-state index contributed by atoms with van der Waals surface area (Å²) in [4.78, 5) is 40.0. The third kappa shape index (κ3) is 4.01. The summed E-state index contributed by atoms with van der Waals surface area (Å²) in [6.45, 7) is 4.79. The molecule has 0 radical (unpaired) electrons. The molecule has 4 aromatic rings. The minimum absolute atomic E-state index is 0.0578. The fraction of sp³-hybridized carbons (Fsp3) is 0.217. The molecule has 1 aliphatic rings. The van der Waals surface area contributed by atoms with Crippen LogP contribution in [0.25, 0.3) is 21.6 Å². The van der Waals surface area contributed by atoms with E-state index < -0.39 is 0 Å². The first-order chi connectivity index (χ1) is 16.5. The van der Waals surface area contributed by atoms with Gasteiger partial charge in [-0.05, 0) is 37.1 Å². The number of rotatable bonds is 5. The summed E-state index contributed by atoms with van der Waals surface area (Å²) in [7, 11) is 0. The van der Waals surface area contributed by atoms with E-state index in [0.29, 0.717) is 46.9 Å². The van der Waals surface area contributed by atoms with E-state index in [1.807, 2.05) is 4.68 Å². The monoisotopic (exact) mass is 474 g/mol. The van der Waals surface area contributed by atoms with E-state index in [1.165, 1.54) is 23.7 Å². The average Bonchev–Trinajstić information content (AvgIpc) is 3.50. The minimum atomic E-state index is -0.229. The molecule has 0 aromatic carbocycles. The van der Waals surface area contributed by atoms with Crippen molar-refractivity contribution in [1.82, 2.24) is 29.6 Å². The molecule has 0 saturated carbocycles.